The number of benzene rings is 2. The number of hydrogen-bond donors (Lipinski definition) is 2. The highest BCUT2D eigenvalue weighted by Crippen LogP contribution is 2.29. The molecule has 1 aliphatic heterocycles. The van der Waals surface area contributed by atoms with Crippen LogP contribution in [0.4, 0.5) is 8.78 Å². The van der Waals surface area contributed by atoms with Crippen LogP contribution in [0, 0.1) is 0 Å². The first-order valence-corrected chi connectivity index (χ1v) is 12.7. The Morgan fingerprint density at radius 1 is 0.806 bits per heavy atom. The van der Waals surface area contributed by atoms with Crippen LogP contribution in [0.5, 0.6) is 11.5 Å². The van der Waals surface area contributed by atoms with Gasteiger partial charge in [0.15, 0.2) is 0 Å². The maximum atomic E-state index is 12.3. The lowest BCUT2D eigenvalue weighted by atomic mass is 9.88. The minimum atomic E-state index is -0.753. The third kappa shape index (κ3) is 9.85. The smallest absolute Gasteiger partial charge is 0.123 e. The van der Waals surface area contributed by atoms with E-state index in [0.717, 1.165) is 44.9 Å². The molecule has 0 spiro atoms. The molecule has 3 rings (SSSR count). The summed E-state index contributed by atoms with van der Waals surface area (Å²) in [6.07, 6.45) is 6.31. The van der Waals surface area contributed by atoms with E-state index in [1.807, 2.05) is 48.5 Å². The first kappa shape index (κ1) is 30.3. The third-order valence-electron chi connectivity index (χ3n) is 6.72. The van der Waals surface area contributed by atoms with Crippen LogP contribution < -0.4 is 9.47 Å². The molecule has 5 nitrogen and oxygen atoms in total. The highest BCUT2D eigenvalue weighted by molar-refractivity contribution is 5.85. The van der Waals surface area contributed by atoms with E-state index in [1.165, 1.54) is 11.1 Å². The van der Waals surface area contributed by atoms with Crippen molar-refractivity contribution in [3.8, 4) is 11.5 Å². The Labute approximate surface area is 219 Å². The van der Waals surface area contributed by atoms with Gasteiger partial charge in [-0.25, -0.2) is 8.78 Å². The molecule has 0 amide bonds. The van der Waals surface area contributed by atoms with Gasteiger partial charge in [0, 0.05) is 18.6 Å². The first-order valence-electron chi connectivity index (χ1n) is 12.7. The van der Waals surface area contributed by atoms with E-state index in [0.29, 0.717) is 30.1 Å². The van der Waals surface area contributed by atoms with Gasteiger partial charge in [-0.2, -0.15) is 0 Å². The average molecular weight is 528 g/mol. The number of aliphatic hydroxyl groups excluding tert-OH is 2. The van der Waals surface area contributed by atoms with Gasteiger partial charge in [0.1, 0.15) is 38.1 Å². The number of nitrogens with zero attached hydrogens (tertiary/aromatic N) is 1. The molecule has 1 heterocycles. The minimum Gasteiger partial charge on any atom is -0.491 e. The number of aryl methyl sites for hydroxylation is 2. The summed E-state index contributed by atoms with van der Waals surface area (Å²) in [6.45, 7) is -0.626. The standard InChI is InChI=1S/C28H39F2NO4.ClH/c29-16-18-34-27-12-6-22(7-13-27)4-10-24-2-1-3-25(31(24)20-26(33)21-32)11-5-23-8-14-28(15-9-23)35-19-17-30;/h6-9,12-15,24-26,32-33H,1-5,10-11,16-21H2;1H/t24-,25+,26-;/m1./s1. The number of β-amino-alcohol motifs (C(OH)–C–C–N with tert-alkyl or cyclic N) is 1. The number of rotatable bonds is 15. The van der Waals surface area contributed by atoms with E-state index in [9.17, 15) is 19.0 Å². The number of ether oxygens (including phenoxy) is 2. The van der Waals surface area contributed by atoms with Crippen molar-refractivity contribution in [1.29, 1.82) is 0 Å². The SMILES string of the molecule is Cl.OC[C@H](O)CN1[C@@H](CCc2ccc(OCCF)cc2)CCC[C@H]1CCc1ccc(OCCF)cc1. The normalized spacial score (nSPS) is 18.9. The lowest BCUT2D eigenvalue weighted by molar-refractivity contribution is 0.00214. The van der Waals surface area contributed by atoms with Gasteiger partial charge in [0.25, 0.3) is 0 Å². The van der Waals surface area contributed by atoms with Crippen molar-refractivity contribution < 1.29 is 28.5 Å². The number of hydrogen-bond acceptors (Lipinski definition) is 5. The Kier molecular flexibility index (Phi) is 14.1. The van der Waals surface area contributed by atoms with Crippen LogP contribution in [-0.2, 0) is 12.8 Å². The second kappa shape index (κ2) is 16.7. The highest BCUT2D eigenvalue weighted by Gasteiger charge is 2.31. The first-order chi connectivity index (χ1) is 17.1. The van der Waals surface area contributed by atoms with Gasteiger partial charge in [-0.3, -0.25) is 4.90 Å². The molecule has 0 aliphatic carbocycles. The van der Waals surface area contributed by atoms with Crippen LogP contribution in [0.3, 0.4) is 0 Å². The fourth-order valence-corrected chi connectivity index (χ4v) is 4.92. The molecule has 0 saturated carbocycles. The minimum absolute atomic E-state index is 0. The van der Waals surface area contributed by atoms with E-state index < -0.39 is 19.5 Å². The van der Waals surface area contributed by atoms with Crippen molar-refractivity contribution >= 4 is 12.4 Å². The summed E-state index contributed by atoms with van der Waals surface area (Å²) in [5.74, 6) is 1.36. The van der Waals surface area contributed by atoms with Gasteiger partial charge in [-0.05, 0) is 73.9 Å². The molecule has 0 unspecified atom stereocenters. The van der Waals surface area contributed by atoms with Crippen molar-refractivity contribution in [3.05, 3.63) is 59.7 Å². The summed E-state index contributed by atoms with van der Waals surface area (Å²) in [6, 6.07) is 16.3. The van der Waals surface area contributed by atoms with E-state index in [4.69, 9.17) is 9.47 Å². The number of piperidine rings is 1. The van der Waals surface area contributed by atoms with Crippen LogP contribution in [-0.4, -0.2) is 73.0 Å². The quantitative estimate of drug-likeness (QED) is 0.343. The fourth-order valence-electron chi connectivity index (χ4n) is 4.92. The summed E-state index contributed by atoms with van der Waals surface area (Å²) in [7, 11) is 0. The van der Waals surface area contributed by atoms with Crippen LogP contribution in [0.1, 0.15) is 43.2 Å². The highest BCUT2D eigenvalue weighted by atomic mass is 35.5. The number of aliphatic hydroxyl groups is 2. The molecule has 2 aromatic rings. The van der Waals surface area contributed by atoms with Crippen LogP contribution in [0.2, 0.25) is 0 Å². The molecule has 8 heteroatoms. The molecule has 1 fully saturated rings. The monoisotopic (exact) mass is 527 g/mol. The van der Waals surface area contributed by atoms with E-state index in [-0.39, 0.29) is 32.2 Å². The predicted octanol–water partition coefficient (Wildman–Crippen LogP) is 4.95. The maximum Gasteiger partial charge on any atom is 0.123 e. The molecule has 0 aromatic heterocycles. The molecule has 3 atom stereocenters. The van der Waals surface area contributed by atoms with E-state index in [1.54, 1.807) is 0 Å². The van der Waals surface area contributed by atoms with E-state index >= 15 is 0 Å². The molecule has 2 N–H and O–H groups in total. The van der Waals surface area contributed by atoms with Gasteiger partial charge in [-0.1, -0.05) is 30.7 Å². The van der Waals surface area contributed by atoms with Gasteiger partial charge >= 0.3 is 0 Å². The van der Waals surface area contributed by atoms with E-state index in [2.05, 4.69) is 4.90 Å². The third-order valence-corrected chi connectivity index (χ3v) is 6.72. The average Bonchev–Trinajstić information content (AvgIpc) is 2.90. The lowest BCUT2D eigenvalue weighted by Gasteiger charge is -2.43. The van der Waals surface area contributed by atoms with Crippen molar-refractivity contribution in [2.75, 3.05) is 39.7 Å². The number of alkyl halides is 2. The molecule has 36 heavy (non-hydrogen) atoms. The molecule has 0 bridgehead atoms. The van der Waals surface area contributed by atoms with Gasteiger partial charge in [-0.15, -0.1) is 12.4 Å². The van der Waals surface area contributed by atoms with Gasteiger partial charge < -0.3 is 19.7 Å². The fraction of sp³-hybridized carbons (Fsp3) is 0.571. The summed E-state index contributed by atoms with van der Waals surface area (Å²) in [5, 5.41) is 19.7. The zero-order valence-corrected chi connectivity index (χ0v) is 21.7. The molecule has 1 saturated heterocycles. The molecular formula is C28H40ClF2NO4. The summed E-state index contributed by atoms with van der Waals surface area (Å²) >= 11 is 0. The number of halogens is 3. The number of likely N-dealkylation sites (tertiary alicyclic amines) is 1. The Bertz CT molecular complexity index is 777. The predicted molar refractivity (Wildman–Crippen MR) is 141 cm³/mol. The summed E-state index contributed by atoms with van der Waals surface area (Å²) in [4.78, 5) is 2.40. The summed E-state index contributed by atoms with van der Waals surface area (Å²) in [5.41, 5.74) is 2.41. The maximum absolute atomic E-state index is 12.3. The van der Waals surface area contributed by atoms with Crippen molar-refractivity contribution in [2.24, 2.45) is 0 Å². The zero-order valence-electron chi connectivity index (χ0n) is 20.9. The molecule has 1 aliphatic rings. The Hall–Kier alpha value is -1.93. The van der Waals surface area contributed by atoms with Gasteiger partial charge in [0.2, 0.25) is 0 Å². The second-order valence-electron chi connectivity index (χ2n) is 9.21. The summed E-state index contributed by atoms with van der Waals surface area (Å²) < 4.78 is 35.2. The molecule has 0 radical (unpaired) electrons. The largest absolute Gasteiger partial charge is 0.491 e. The Morgan fingerprint density at radius 3 is 1.64 bits per heavy atom. The zero-order chi connectivity index (χ0) is 24.9. The lowest BCUT2D eigenvalue weighted by Crippen LogP contribution is -2.50. The van der Waals surface area contributed by atoms with Crippen LogP contribution in [0.15, 0.2) is 48.5 Å². The molecule has 2 aromatic carbocycles. The van der Waals surface area contributed by atoms with Crippen LogP contribution >= 0.6 is 12.4 Å². The second-order valence-corrected chi connectivity index (χ2v) is 9.21. The topological polar surface area (TPSA) is 62.2 Å². The van der Waals surface area contributed by atoms with Crippen LogP contribution in [0.25, 0.3) is 0 Å². The van der Waals surface area contributed by atoms with Gasteiger partial charge in [0.05, 0.1) is 12.7 Å². The Morgan fingerprint density at radius 2 is 1.25 bits per heavy atom. The Balaban J connectivity index is 0.00000456. The van der Waals surface area contributed by atoms with Crippen molar-refractivity contribution in [2.45, 2.75) is 63.1 Å². The molecule has 202 valence electrons. The van der Waals surface area contributed by atoms with Crippen molar-refractivity contribution in [1.82, 2.24) is 4.90 Å². The van der Waals surface area contributed by atoms with Crippen molar-refractivity contribution in [3.63, 3.8) is 0 Å². The molecular weight excluding hydrogens is 488 g/mol.